The van der Waals surface area contributed by atoms with E-state index in [-0.39, 0.29) is 31.4 Å². The summed E-state index contributed by atoms with van der Waals surface area (Å²) in [4.78, 5) is 30.1. The van der Waals surface area contributed by atoms with Crippen molar-refractivity contribution in [2.75, 3.05) is 21.2 Å². The molecule has 1 aromatic heterocycles. The molecule has 0 spiro atoms. The summed E-state index contributed by atoms with van der Waals surface area (Å²) >= 11 is 6.11. The number of likely N-dealkylation sites (N-methyl/N-ethyl adjacent to an activating group) is 1. The molecule has 3 heterocycles. The van der Waals surface area contributed by atoms with Crippen molar-refractivity contribution in [2.24, 2.45) is 33.9 Å². The molecule has 0 amide bonds. The first-order valence-electron chi connectivity index (χ1n) is 20.6. The van der Waals surface area contributed by atoms with Crippen LogP contribution in [0.3, 0.4) is 0 Å². The number of rotatable bonds is 10. The number of carbonyl (C=O) groups is 2. The Morgan fingerprint density at radius 3 is 2.29 bits per heavy atom. The zero-order valence-electron chi connectivity index (χ0n) is 36.6. The molecule has 3 N–H and O–H groups in total. The van der Waals surface area contributed by atoms with Crippen LogP contribution < -0.4 is 0 Å². The fourth-order valence-corrected chi connectivity index (χ4v) is 8.74. The minimum atomic E-state index is -1.95. The highest BCUT2D eigenvalue weighted by Crippen LogP contribution is 2.40. The fourth-order valence-electron chi connectivity index (χ4n) is 8.61. The van der Waals surface area contributed by atoms with Crippen molar-refractivity contribution in [1.82, 2.24) is 4.90 Å². The summed E-state index contributed by atoms with van der Waals surface area (Å²) in [6.07, 6.45) is -5.01. The van der Waals surface area contributed by atoms with Gasteiger partial charge in [-0.3, -0.25) is 9.59 Å². The van der Waals surface area contributed by atoms with Gasteiger partial charge in [0, 0.05) is 35.7 Å². The average Bonchev–Trinajstić information content (AvgIpc) is 3.74. The van der Waals surface area contributed by atoms with Crippen LogP contribution in [-0.4, -0.2) is 125 Å². The molecule has 2 saturated heterocycles. The van der Waals surface area contributed by atoms with Crippen LogP contribution in [-0.2, 0) is 39.7 Å². The van der Waals surface area contributed by atoms with Gasteiger partial charge in [0.25, 0.3) is 0 Å². The van der Waals surface area contributed by atoms with E-state index in [9.17, 15) is 24.9 Å². The van der Waals surface area contributed by atoms with E-state index in [4.69, 9.17) is 44.8 Å². The van der Waals surface area contributed by atoms with Crippen LogP contribution in [0, 0.1) is 23.7 Å². The van der Waals surface area contributed by atoms with Gasteiger partial charge in [-0.05, 0) is 104 Å². The van der Waals surface area contributed by atoms with E-state index >= 15 is 0 Å². The Morgan fingerprint density at radius 2 is 1.71 bits per heavy atom. The summed E-state index contributed by atoms with van der Waals surface area (Å²) in [5.74, 6) is -4.09. The van der Waals surface area contributed by atoms with E-state index in [0.29, 0.717) is 34.2 Å². The number of furan rings is 1. The van der Waals surface area contributed by atoms with Crippen LogP contribution in [0.2, 0.25) is 5.02 Å². The molecule has 15 heteroatoms. The summed E-state index contributed by atoms with van der Waals surface area (Å²) in [6.45, 7) is 15.7. The maximum absolute atomic E-state index is 14.3. The van der Waals surface area contributed by atoms with Crippen molar-refractivity contribution in [3.05, 3.63) is 59.0 Å². The summed E-state index contributed by atoms with van der Waals surface area (Å²) in [7, 11) is 5.29. The monoisotopic (exact) mass is 847 g/mol. The largest absolute Gasteiger partial charge is 0.463 e. The molecule has 14 atom stereocenters. The van der Waals surface area contributed by atoms with Gasteiger partial charge in [0.05, 0.1) is 42.5 Å². The lowest BCUT2D eigenvalue weighted by Gasteiger charge is -2.48. The Hall–Kier alpha value is -3.21. The van der Waals surface area contributed by atoms with E-state index in [1.807, 2.05) is 39.8 Å². The van der Waals surface area contributed by atoms with E-state index in [1.54, 1.807) is 71.0 Å². The number of carbonyl (C=O) groups excluding carboxylic acids is 2. The third-order valence-corrected chi connectivity index (χ3v) is 12.5. The van der Waals surface area contributed by atoms with E-state index in [0.717, 1.165) is 0 Å². The fraction of sp³-hybridized carbons (Fsp3) is 0.682. The van der Waals surface area contributed by atoms with Gasteiger partial charge in [-0.25, -0.2) is 0 Å². The average molecular weight is 848 g/mol. The molecule has 2 aliphatic rings. The molecule has 2 aliphatic heterocycles. The van der Waals surface area contributed by atoms with Gasteiger partial charge in [0.15, 0.2) is 6.29 Å². The van der Waals surface area contributed by atoms with Crippen molar-refractivity contribution in [3.8, 4) is 0 Å². The van der Waals surface area contributed by atoms with Gasteiger partial charge >= 0.3 is 11.9 Å². The quantitative estimate of drug-likeness (QED) is 0.148. The standard InChI is InChI=1S/C44H66ClN3O11/c1-13-34-44(9,53)39(51)26(4)36(47-46-29(7)33-15-14-20-55-33)24(2)23-43(8,54-12)40(59-42-37(50)32(48(10)11)21-25(3)56-42)27(5)38(28(6)41(52)57-34)58-35(49)22-30-16-18-31(45)19-17-30/h14-20,24-28,32,34,37-40,42,50-51,53H,13,21-23H2,1-12H3. The summed E-state index contributed by atoms with van der Waals surface area (Å²) in [6, 6.07) is 9.98. The molecular formula is C44H66ClN3O11. The zero-order chi connectivity index (χ0) is 44.0. The second-order valence-corrected chi connectivity index (χ2v) is 17.6. The van der Waals surface area contributed by atoms with E-state index in [2.05, 4.69) is 5.10 Å². The summed E-state index contributed by atoms with van der Waals surface area (Å²) in [5.41, 5.74) is -1.66. The van der Waals surface area contributed by atoms with Crippen molar-refractivity contribution in [3.63, 3.8) is 0 Å². The number of methoxy groups -OCH3 is 1. The Labute approximate surface area is 354 Å². The summed E-state index contributed by atoms with van der Waals surface area (Å²) in [5, 5.41) is 45.4. The Balaban J connectivity index is 1.91. The van der Waals surface area contributed by atoms with Crippen LogP contribution in [0.5, 0.6) is 0 Å². The number of benzene rings is 1. The molecular weight excluding hydrogens is 782 g/mol. The van der Waals surface area contributed by atoms with Gasteiger partial charge in [-0.1, -0.05) is 51.4 Å². The highest BCUT2D eigenvalue weighted by molar-refractivity contribution is 6.30. The maximum Gasteiger partial charge on any atom is 0.312 e. The van der Waals surface area contributed by atoms with E-state index in [1.165, 1.54) is 20.3 Å². The Kier molecular flexibility index (Phi) is 16.9. The first kappa shape index (κ1) is 48.5. The molecule has 14 unspecified atom stereocenters. The van der Waals surface area contributed by atoms with Crippen molar-refractivity contribution >= 4 is 35.0 Å². The smallest absolute Gasteiger partial charge is 0.312 e. The topological polar surface area (TPSA) is 182 Å². The lowest BCUT2D eigenvalue weighted by atomic mass is 9.73. The van der Waals surface area contributed by atoms with Crippen LogP contribution in [0.15, 0.2) is 57.3 Å². The number of cyclic esters (lactones) is 1. The molecule has 1 aromatic carbocycles. The molecule has 0 aliphatic carbocycles. The SMILES string of the molecule is CCC1OC(=O)C(C)C(OC(=O)Cc2ccc(Cl)cc2)C(C)C(OC2OC(C)CC(N(C)C)C2O)C(C)(OC)CC(C)C(=NN=C(C)c2ccco2)C(C)C(O)C1(C)O. The van der Waals surface area contributed by atoms with Gasteiger partial charge in [0.1, 0.15) is 35.4 Å². The lowest BCUT2D eigenvalue weighted by molar-refractivity contribution is -0.301. The maximum atomic E-state index is 14.3. The van der Waals surface area contributed by atoms with Gasteiger partial charge in [-0.15, -0.1) is 0 Å². The van der Waals surface area contributed by atoms with Crippen LogP contribution in [0.1, 0.15) is 92.9 Å². The van der Waals surface area contributed by atoms with Gasteiger partial charge < -0.3 is 48.3 Å². The highest BCUT2D eigenvalue weighted by atomic mass is 35.5. The Morgan fingerprint density at radius 1 is 1.05 bits per heavy atom. The number of esters is 2. The minimum absolute atomic E-state index is 0.118. The number of aliphatic hydroxyl groups excluding tert-OH is 2. The highest BCUT2D eigenvalue weighted by Gasteiger charge is 2.52. The molecule has 2 fully saturated rings. The zero-order valence-corrected chi connectivity index (χ0v) is 37.4. The third-order valence-electron chi connectivity index (χ3n) is 12.2. The van der Waals surface area contributed by atoms with Crippen LogP contribution in [0.25, 0.3) is 0 Å². The number of halogens is 1. The summed E-state index contributed by atoms with van der Waals surface area (Å²) < 4.78 is 37.5. The molecule has 2 aromatic rings. The van der Waals surface area contributed by atoms with Crippen molar-refractivity contribution < 1.29 is 53.0 Å². The minimum Gasteiger partial charge on any atom is -0.463 e. The van der Waals surface area contributed by atoms with Crippen LogP contribution >= 0.6 is 11.6 Å². The molecule has 4 rings (SSSR count). The van der Waals surface area contributed by atoms with Gasteiger partial charge in [-0.2, -0.15) is 10.2 Å². The predicted octanol–water partition coefficient (Wildman–Crippen LogP) is 5.85. The normalized spacial score (nSPS) is 37.5. The molecule has 0 saturated carbocycles. The Bertz CT molecular complexity index is 1740. The molecule has 14 nitrogen and oxygen atoms in total. The van der Waals surface area contributed by atoms with Crippen molar-refractivity contribution in [2.45, 2.75) is 148 Å². The van der Waals surface area contributed by atoms with E-state index < -0.39 is 83.6 Å². The molecule has 0 bridgehead atoms. The number of aliphatic hydroxyl groups is 3. The number of hydrogen-bond acceptors (Lipinski definition) is 14. The number of nitrogens with zero attached hydrogens (tertiary/aromatic N) is 3. The predicted molar refractivity (Wildman–Crippen MR) is 224 cm³/mol. The number of ether oxygens (including phenoxy) is 5. The number of hydrogen-bond donors (Lipinski definition) is 3. The van der Waals surface area contributed by atoms with Gasteiger partial charge in [0.2, 0.25) is 0 Å². The van der Waals surface area contributed by atoms with Crippen molar-refractivity contribution in [1.29, 1.82) is 0 Å². The molecule has 330 valence electrons. The van der Waals surface area contributed by atoms with Crippen LogP contribution in [0.4, 0.5) is 0 Å². The molecule has 59 heavy (non-hydrogen) atoms. The third kappa shape index (κ3) is 11.6. The molecule has 0 radical (unpaired) electrons. The second kappa shape index (κ2) is 20.6. The first-order chi connectivity index (χ1) is 27.6. The first-order valence-corrected chi connectivity index (χ1v) is 20.9. The lowest BCUT2D eigenvalue weighted by Crippen LogP contribution is -2.60. The second-order valence-electron chi connectivity index (χ2n) is 17.1.